The van der Waals surface area contributed by atoms with Gasteiger partial charge in [-0.15, -0.1) is 0 Å². The molecule has 138 valence electrons. The van der Waals surface area contributed by atoms with E-state index in [1.807, 2.05) is 48.5 Å². The highest BCUT2D eigenvalue weighted by Crippen LogP contribution is 2.07. The molecule has 0 amide bonds. The van der Waals surface area contributed by atoms with Crippen LogP contribution in [0.25, 0.3) is 0 Å². The standard InChI is InChI=1S/C21H23N5O/c22-21(24-13-11-19-5-1-3-12-23-19)25-15-17-7-9-18(10-8-17)16-26-14-4-2-6-20(26)27/h1-10,12,14H,11,13,15-16H2,(H3,22,24,25). The van der Waals surface area contributed by atoms with Gasteiger partial charge in [0.15, 0.2) is 5.96 Å². The Morgan fingerprint density at radius 3 is 2.56 bits per heavy atom. The summed E-state index contributed by atoms with van der Waals surface area (Å²) in [5, 5.41) is 3.10. The van der Waals surface area contributed by atoms with Gasteiger partial charge in [-0.05, 0) is 29.3 Å². The van der Waals surface area contributed by atoms with E-state index < -0.39 is 0 Å². The maximum Gasteiger partial charge on any atom is 0.250 e. The van der Waals surface area contributed by atoms with E-state index in [0.717, 1.165) is 23.2 Å². The van der Waals surface area contributed by atoms with Gasteiger partial charge in [0.2, 0.25) is 0 Å². The molecule has 6 nitrogen and oxygen atoms in total. The first-order chi connectivity index (χ1) is 13.2. The molecule has 0 atom stereocenters. The number of benzene rings is 1. The summed E-state index contributed by atoms with van der Waals surface area (Å²) >= 11 is 0. The summed E-state index contributed by atoms with van der Waals surface area (Å²) in [6, 6.07) is 19.1. The molecule has 0 aliphatic heterocycles. The van der Waals surface area contributed by atoms with Crippen LogP contribution < -0.4 is 16.6 Å². The van der Waals surface area contributed by atoms with E-state index in [2.05, 4.69) is 15.3 Å². The van der Waals surface area contributed by atoms with Crippen LogP contribution >= 0.6 is 0 Å². The number of hydrogen-bond acceptors (Lipinski definition) is 3. The second-order valence-electron chi connectivity index (χ2n) is 6.18. The fourth-order valence-corrected chi connectivity index (χ4v) is 2.64. The maximum absolute atomic E-state index is 11.8. The summed E-state index contributed by atoms with van der Waals surface area (Å²) in [5.41, 5.74) is 9.06. The number of guanidine groups is 1. The predicted molar refractivity (Wildman–Crippen MR) is 108 cm³/mol. The van der Waals surface area contributed by atoms with Crippen LogP contribution in [-0.2, 0) is 19.5 Å². The molecule has 2 heterocycles. The average Bonchev–Trinajstić information content (AvgIpc) is 2.70. The molecule has 0 aliphatic carbocycles. The first-order valence-electron chi connectivity index (χ1n) is 8.88. The Balaban J connectivity index is 1.48. The van der Waals surface area contributed by atoms with Gasteiger partial charge in [0.25, 0.3) is 5.56 Å². The van der Waals surface area contributed by atoms with Crippen molar-refractivity contribution in [3.63, 3.8) is 0 Å². The van der Waals surface area contributed by atoms with E-state index in [1.165, 1.54) is 0 Å². The second kappa shape index (κ2) is 9.33. The van der Waals surface area contributed by atoms with Crippen LogP contribution in [0, 0.1) is 0 Å². The summed E-state index contributed by atoms with van der Waals surface area (Å²) in [6.45, 7) is 1.76. The smallest absolute Gasteiger partial charge is 0.250 e. The molecular formula is C21H23N5O. The molecule has 2 aromatic heterocycles. The Morgan fingerprint density at radius 2 is 1.81 bits per heavy atom. The monoisotopic (exact) mass is 361 g/mol. The van der Waals surface area contributed by atoms with Crippen molar-refractivity contribution in [3.8, 4) is 0 Å². The highest BCUT2D eigenvalue weighted by atomic mass is 16.1. The van der Waals surface area contributed by atoms with Gasteiger partial charge < -0.3 is 15.6 Å². The molecule has 0 spiro atoms. The summed E-state index contributed by atoms with van der Waals surface area (Å²) in [4.78, 5) is 20.4. The zero-order chi connectivity index (χ0) is 18.9. The number of nitrogens with two attached hydrogens (primary N) is 1. The minimum Gasteiger partial charge on any atom is -0.370 e. The third-order valence-corrected chi connectivity index (χ3v) is 4.12. The molecule has 0 fully saturated rings. The number of nitrogens with one attached hydrogen (secondary N) is 1. The molecule has 3 aromatic rings. The Labute approximate surface area is 158 Å². The van der Waals surface area contributed by atoms with Crippen LogP contribution in [0.2, 0.25) is 0 Å². The molecule has 0 aliphatic rings. The van der Waals surface area contributed by atoms with Crippen molar-refractivity contribution in [1.82, 2.24) is 14.9 Å². The molecule has 27 heavy (non-hydrogen) atoms. The topological polar surface area (TPSA) is 85.3 Å². The van der Waals surface area contributed by atoms with E-state index in [1.54, 1.807) is 29.1 Å². The molecule has 0 saturated carbocycles. The summed E-state index contributed by atoms with van der Waals surface area (Å²) in [7, 11) is 0. The molecular weight excluding hydrogens is 338 g/mol. The molecule has 1 aromatic carbocycles. The largest absolute Gasteiger partial charge is 0.370 e. The minimum atomic E-state index is -0.00396. The summed E-state index contributed by atoms with van der Waals surface area (Å²) < 4.78 is 1.68. The van der Waals surface area contributed by atoms with Crippen LogP contribution in [0.3, 0.4) is 0 Å². The van der Waals surface area contributed by atoms with Gasteiger partial charge in [-0.1, -0.05) is 36.4 Å². The number of nitrogens with zero attached hydrogens (tertiary/aromatic N) is 3. The van der Waals surface area contributed by atoms with Crippen molar-refractivity contribution in [2.75, 3.05) is 6.54 Å². The van der Waals surface area contributed by atoms with Crippen LogP contribution in [0.1, 0.15) is 16.8 Å². The Hall–Kier alpha value is -3.41. The third-order valence-electron chi connectivity index (χ3n) is 4.12. The molecule has 0 bridgehead atoms. The molecule has 6 heteroatoms. The summed E-state index contributed by atoms with van der Waals surface area (Å²) in [5.74, 6) is 0.422. The maximum atomic E-state index is 11.8. The van der Waals surface area contributed by atoms with E-state index in [4.69, 9.17) is 5.73 Å². The van der Waals surface area contributed by atoms with Crippen molar-refractivity contribution in [1.29, 1.82) is 0 Å². The number of aliphatic imine (C=N–C) groups is 1. The average molecular weight is 361 g/mol. The van der Waals surface area contributed by atoms with Crippen molar-refractivity contribution in [2.45, 2.75) is 19.5 Å². The van der Waals surface area contributed by atoms with Gasteiger partial charge >= 0.3 is 0 Å². The van der Waals surface area contributed by atoms with Gasteiger partial charge in [-0.25, -0.2) is 4.99 Å². The van der Waals surface area contributed by atoms with Crippen LogP contribution in [0.4, 0.5) is 0 Å². The minimum absolute atomic E-state index is 0.00396. The zero-order valence-electron chi connectivity index (χ0n) is 15.1. The van der Waals surface area contributed by atoms with Crippen molar-refractivity contribution in [2.24, 2.45) is 10.7 Å². The van der Waals surface area contributed by atoms with Crippen LogP contribution in [0.5, 0.6) is 0 Å². The third kappa shape index (κ3) is 5.81. The van der Waals surface area contributed by atoms with E-state index in [9.17, 15) is 4.79 Å². The lowest BCUT2D eigenvalue weighted by molar-refractivity contribution is 0.759. The molecule has 0 saturated heterocycles. The van der Waals surface area contributed by atoms with E-state index >= 15 is 0 Å². The Bertz CT molecular complexity index is 933. The Kier molecular flexibility index (Phi) is 6.35. The van der Waals surface area contributed by atoms with Gasteiger partial charge in [-0.2, -0.15) is 0 Å². The molecule has 0 radical (unpaired) electrons. The quantitative estimate of drug-likeness (QED) is 0.497. The lowest BCUT2D eigenvalue weighted by atomic mass is 10.1. The fourth-order valence-electron chi connectivity index (χ4n) is 2.64. The van der Waals surface area contributed by atoms with Gasteiger partial charge in [0.05, 0.1) is 13.1 Å². The van der Waals surface area contributed by atoms with Crippen molar-refractivity contribution in [3.05, 3.63) is 100 Å². The van der Waals surface area contributed by atoms with Gasteiger partial charge in [0, 0.05) is 37.1 Å². The summed E-state index contributed by atoms with van der Waals surface area (Å²) in [6.07, 6.45) is 4.37. The van der Waals surface area contributed by atoms with Crippen LogP contribution in [0.15, 0.2) is 82.8 Å². The highest BCUT2D eigenvalue weighted by molar-refractivity contribution is 5.77. The Morgan fingerprint density at radius 1 is 1.04 bits per heavy atom. The molecule has 3 N–H and O–H groups in total. The van der Waals surface area contributed by atoms with E-state index in [0.29, 0.717) is 25.6 Å². The lowest BCUT2D eigenvalue weighted by Gasteiger charge is -2.07. The van der Waals surface area contributed by atoms with Gasteiger partial charge in [-0.3, -0.25) is 9.78 Å². The highest BCUT2D eigenvalue weighted by Gasteiger charge is 1.99. The molecule has 3 rings (SSSR count). The number of pyridine rings is 2. The predicted octanol–water partition coefficient (Wildman–Crippen LogP) is 1.94. The normalized spacial score (nSPS) is 11.3. The zero-order valence-corrected chi connectivity index (χ0v) is 15.1. The van der Waals surface area contributed by atoms with E-state index in [-0.39, 0.29) is 5.56 Å². The SMILES string of the molecule is NC(=NCc1ccc(Cn2ccccc2=O)cc1)NCCc1ccccn1. The van der Waals surface area contributed by atoms with Crippen molar-refractivity contribution < 1.29 is 0 Å². The first-order valence-corrected chi connectivity index (χ1v) is 8.88. The second-order valence-corrected chi connectivity index (χ2v) is 6.18. The lowest BCUT2D eigenvalue weighted by Crippen LogP contribution is -2.33. The van der Waals surface area contributed by atoms with Crippen molar-refractivity contribution >= 4 is 5.96 Å². The molecule has 0 unspecified atom stereocenters. The van der Waals surface area contributed by atoms with Crippen LogP contribution in [-0.4, -0.2) is 22.1 Å². The first kappa shape index (κ1) is 18.4. The number of rotatable bonds is 7. The number of hydrogen-bond donors (Lipinski definition) is 2. The number of aromatic nitrogens is 2. The fraction of sp³-hybridized carbons (Fsp3) is 0.190. The van der Waals surface area contributed by atoms with Gasteiger partial charge in [0.1, 0.15) is 0 Å².